The normalized spacial score (nSPS) is 29.6. The van der Waals surface area contributed by atoms with Crippen molar-refractivity contribution >= 4 is 17.6 Å². The molecule has 0 unspecified atom stereocenters. The maximum absolute atomic E-state index is 13.1. The second kappa shape index (κ2) is 4.92. The molecule has 4 atom stereocenters. The van der Waals surface area contributed by atoms with Gasteiger partial charge in [-0.2, -0.15) is 0 Å². The van der Waals surface area contributed by atoms with Crippen LogP contribution in [0.25, 0.3) is 0 Å². The highest BCUT2D eigenvalue weighted by molar-refractivity contribution is 5.96. The van der Waals surface area contributed by atoms with Crippen LogP contribution in [0, 0.1) is 23.5 Å². The van der Waals surface area contributed by atoms with E-state index in [2.05, 4.69) is 5.32 Å². The molecule has 0 radical (unpaired) electrons. The van der Waals surface area contributed by atoms with Crippen LogP contribution < -0.4 is 5.32 Å². The summed E-state index contributed by atoms with van der Waals surface area (Å²) >= 11 is 0. The summed E-state index contributed by atoms with van der Waals surface area (Å²) in [6.45, 7) is 0. The second-order valence-corrected chi connectivity index (χ2v) is 4.96. The predicted molar refractivity (Wildman–Crippen MR) is 67.4 cm³/mol. The van der Waals surface area contributed by atoms with E-state index >= 15 is 0 Å². The number of hydrogen-bond acceptors (Lipinski definition) is 3. The lowest BCUT2D eigenvalue weighted by molar-refractivity contribution is -0.145. The number of halogens is 2. The second-order valence-electron chi connectivity index (χ2n) is 4.96. The molecule has 2 heterocycles. The Kier molecular flexibility index (Phi) is 3.21. The zero-order valence-electron chi connectivity index (χ0n) is 10.6. The monoisotopic (exact) mass is 295 g/mol. The van der Waals surface area contributed by atoms with E-state index in [1.807, 2.05) is 0 Å². The Balaban J connectivity index is 1.80. The van der Waals surface area contributed by atoms with Gasteiger partial charge in [0.25, 0.3) is 0 Å². The minimum absolute atomic E-state index is 0.0646. The molecule has 0 spiro atoms. The van der Waals surface area contributed by atoms with Crippen LogP contribution in [0.15, 0.2) is 30.4 Å². The molecular formula is C14H11F2NO4. The van der Waals surface area contributed by atoms with E-state index in [-0.39, 0.29) is 5.69 Å². The minimum atomic E-state index is -1.13. The number of anilines is 1. The van der Waals surface area contributed by atoms with Gasteiger partial charge in [0.1, 0.15) is 5.92 Å². The predicted octanol–water partition coefficient (Wildman–Crippen LogP) is 1.56. The number of benzene rings is 1. The Hall–Kier alpha value is -2.28. The molecule has 110 valence electrons. The number of fused-ring (bicyclic) bond motifs is 2. The maximum atomic E-state index is 13.1. The summed E-state index contributed by atoms with van der Waals surface area (Å²) < 4.78 is 31.3. The van der Waals surface area contributed by atoms with Crippen molar-refractivity contribution in [3.8, 4) is 0 Å². The molecule has 21 heavy (non-hydrogen) atoms. The fourth-order valence-corrected chi connectivity index (χ4v) is 2.71. The molecule has 2 aliphatic rings. The van der Waals surface area contributed by atoms with Gasteiger partial charge in [0, 0.05) is 11.8 Å². The Morgan fingerprint density at radius 1 is 1.10 bits per heavy atom. The van der Waals surface area contributed by atoms with Crippen LogP contribution in [-0.4, -0.2) is 29.2 Å². The standard InChI is InChI=1S/C14H11F2NO4/c15-7-2-1-6(5-8(7)16)17-13(18)11-9-3-4-10(21-9)12(11)14(19)20/h1-5,9-12H,(H,17,18)(H,19,20)/t9-,10+,11+,12+/m1/s1. The topological polar surface area (TPSA) is 75.6 Å². The Labute approximate surface area is 118 Å². The van der Waals surface area contributed by atoms with Crippen molar-refractivity contribution in [2.75, 3.05) is 5.32 Å². The van der Waals surface area contributed by atoms with Gasteiger partial charge < -0.3 is 15.2 Å². The first kappa shape index (κ1) is 13.7. The Morgan fingerprint density at radius 3 is 2.38 bits per heavy atom. The van der Waals surface area contributed by atoms with Gasteiger partial charge in [0.05, 0.1) is 18.1 Å². The van der Waals surface area contributed by atoms with Crippen LogP contribution in [0.1, 0.15) is 0 Å². The third-order valence-electron chi connectivity index (χ3n) is 3.67. The van der Waals surface area contributed by atoms with Crippen molar-refractivity contribution in [3.63, 3.8) is 0 Å². The molecule has 2 aliphatic heterocycles. The van der Waals surface area contributed by atoms with E-state index in [1.165, 1.54) is 6.07 Å². The highest BCUT2D eigenvalue weighted by atomic mass is 19.2. The summed E-state index contributed by atoms with van der Waals surface area (Å²) in [5.41, 5.74) is 0.0646. The molecule has 1 saturated heterocycles. The number of ether oxygens (including phenoxy) is 1. The van der Waals surface area contributed by atoms with Crippen molar-refractivity contribution in [2.45, 2.75) is 12.2 Å². The number of nitrogens with one attached hydrogen (secondary N) is 1. The third kappa shape index (κ3) is 2.29. The molecule has 2 bridgehead atoms. The zero-order valence-corrected chi connectivity index (χ0v) is 10.6. The molecule has 1 aromatic carbocycles. The molecule has 0 saturated carbocycles. The number of carboxylic acids is 1. The molecule has 0 aliphatic carbocycles. The molecule has 1 fully saturated rings. The summed E-state index contributed by atoms with van der Waals surface area (Å²) in [6.07, 6.45) is 2.01. The Bertz CT molecular complexity index is 646. The number of rotatable bonds is 3. The summed E-state index contributed by atoms with van der Waals surface area (Å²) in [4.78, 5) is 23.5. The molecule has 5 nitrogen and oxygen atoms in total. The van der Waals surface area contributed by atoms with Gasteiger partial charge in [0.2, 0.25) is 5.91 Å². The van der Waals surface area contributed by atoms with Crippen LogP contribution in [0.3, 0.4) is 0 Å². The smallest absolute Gasteiger partial charge is 0.310 e. The Morgan fingerprint density at radius 2 is 1.76 bits per heavy atom. The van der Waals surface area contributed by atoms with Gasteiger partial charge in [-0.25, -0.2) is 8.78 Å². The van der Waals surface area contributed by atoms with Crippen molar-refractivity contribution < 1.29 is 28.2 Å². The SMILES string of the molecule is O=C(O)[C@@H]1[C@@H](C(=O)Nc2ccc(F)c(F)c2)[C@H]2C=C[C@@H]1O2. The van der Waals surface area contributed by atoms with E-state index < -0.39 is 47.6 Å². The summed E-state index contributed by atoms with van der Waals surface area (Å²) in [6, 6.07) is 2.93. The van der Waals surface area contributed by atoms with Crippen LogP contribution in [0.4, 0.5) is 14.5 Å². The lowest BCUT2D eigenvalue weighted by Crippen LogP contribution is -2.39. The highest BCUT2D eigenvalue weighted by Crippen LogP contribution is 2.39. The average molecular weight is 295 g/mol. The van der Waals surface area contributed by atoms with Crippen LogP contribution in [0.2, 0.25) is 0 Å². The minimum Gasteiger partial charge on any atom is -0.481 e. The number of amides is 1. The molecule has 1 aromatic rings. The zero-order chi connectivity index (χ0) is 15.1. The number of aliphatic carboxylic acids is 1. The van der Waals surface area contributed by atoms with Crippen LogP contribution in [-0.2, 0) is 14.3 Å². The van der Waals surface area contributed by atoms with E-state index in [9.17, 15) is 23.5 Å². The van der Waals surface area contributed by atoms with E-state index in [4.69, 9.17) is 4.74 Å². The number of carboxylic acid groups (broad SMARTS) is 1. The summed E-state index contributed by atoms with van der Waals surface area (Å²) in [5.74, 6) is -5.72. The average Bonchev–Trinajstić information content (AvgIpc) is 3.03. The van der Waals surface area contributed by atoms with Gasteiger partial charge in [-0.1, -0.05) is 12.2 Å². The van der Waals surface area contributed by atoms with Crippen LogP contribution >= 0.6 is 0 Å². The fourth-order valence-electron chi connectivity index (χ4n) is 2.71. The number of carbonyl (C=O) groups is 2. The molecule has 1 amide bonds. The lowest BCUT2D eigenvalue weighted by atomic mass is 9.82. The van der Waals surface area contributed by atoms with Gasteiger partial charge in [0.15, 0.2) is 11.6 Å². The van der Waals surface area contributed by atoms with E-state index in [0.29, 0.717) is 0 Å². The summed E-state index contributed by atoms with van der Waals surface area (Å²) in [7, 11) is 0. The van der Waals surface area contributed by atoms with Crippen molar-refractivity contribution in [3.05, 3.63) is 42.0 Å². The number of hydrogen-bond donors (Lipinski definition) is 2. The first-order valence-electron chi connectivity index (χ1n) is 6.30. The van der Waals surface area contributed by atoms with Crippen molar-refractivity contribution in [1.29, 1.82) is 0 Å². The largest absolute Gasteiger partial charge is 0.481 e. The maximum Gasteiger partial charge on any atom is 0.310 e. The van der Waals surface area contributed by atoms with Crippen LogP contribution in [0.5, 0.6) is 0 Å². The molecule has 7 heteroatoms. The highest BCUT2D eigenvalue weighted by Gasteiger charge is 2.53. The summed E-state index contributed by atoms with van der Waals surface area (Å²) in [5, 5.41) is 11.6. The first-order valence-corrected chi connectivity index (χ1v) is 6.30. The van der Waals surface area contributed by atoms with E-state index in [0.717, 1.165) is 12.1 Å². The van der Waals surface area contributed by atoms with E-state index in [1.54, 1.807) is 12.2 Å². The van der Waals surface area contributed by atoms with Gasteiger partial charge in [-0.3, -0.25) is 9.59 Å². The lowest BCUT2D eigenvalue weighted by Gasteiger charge is -2.21. The van der Waals surface area contributed by atoms with Gasteiger partial charge in [-0.05, 0) is 12.1 Å². The molecular weight excluding hydrogens is 284 g/mol. The quantitative estimate of drug-likeness (QED) is 0.830. The number of carbonyl (C=O) groups excluding carboxylic acids is 1. The molecule has 3 rings (SSSR count). The van der Waals surface area contributed by atoms with Gasteiger partial charge in [-0.15, -0.1) is 0 Å². The van der Waals surface area contributed by atoms with Crippen molar-refractivity contribution in [1.82, 2.24) is 0 Å². The first-order chi connectivity index (χ1) is 9.97. The third-order valence-corrected chi connectivity index (χ3v) is 3.67. The molecule has 2 N–H and O–H groups in total. The van der Waals surface area contributed by atoms with Crippen molar-refractivity contribution in [2.24, 2.45) is 11.8 Å². The molecule has 0 aromatic heterocycles. The van der Waals surface area contributed by atoms with Gasteiger partial charge >= 0.3 is 5.97 Å². The fraction of sp³-hybridized carbons (Fsp3) is 0.286.